The van der Waals surface area contributed by atoms with Gasteiger partial charge in [-0.25, -0.2) is 5.84 Å². The molecule has 0 unspecified atom stereocenters. The number of nitrogens with two attached hydrogens (primary N) is 1. The highest BCUT2D eigenvalue weighted by Crippen LogP contribution is 1.89. The maximum atomic E-state index is 11.1. The minimum absolute atomic E-state index is 0. The Labute approximate surface area is 78.0 Å². The quantitative estimate of drug-likeness (QED) is 0.152. The molecule has 0 saturated heterocycles. The molecule has 12 heavy (non-hydrogen) atoms. The van der Waals surface area contributed by atoms with Crippen molar-refractivity contribution < 1.29 is 4.79 Å². The molecule has 6 nitrogen and oxygen atoms in total. The molecule has 0 aromatic heterocycles. The molecule has 6 N–H and O–H groups in total. The van der Waals surface area contributed by atoms with E-state index in [4.69, 9.17) is 5.84 Å². The van der Waals surface area contributed by atoms with E-state index in [-0.39, 0.29) is 18.3 Å². The minimum Gasteiger partial charge on any atom is -0.290 e. The second-order valence-electron chi connectivity index (χ2n) is 1.97. The fourth-order valence-corrected chi connectivity index (χ4v) is 0.824. The van der Waals surface area contributed by atoms with Gasteiger partial charge in [-0.1, -0.05) is 0 Å². The van der Waals surface area contributed by atoms with E-state index in [0.29, 0.717) is 0 Å². The minimum atomic E-state index is -0.991. The molecule has 0 atom stereocenters. The van der Waals surface area contributed by atoms with Gasteiger partial charge in [0.2, 0.25) is 5.79 Å². The lowest BCUT2D eigenvalue weighted by Crippen LogP contribution is -2.72. The molecule has 0 aromatic carbocycles. The van der Waals surface area contributed by atoms with E-state index in [9.17, 15) is 4.79 Å². The number of amides is 1. The van der Waals surface area contributed by atoms with Crippen LogP contribution in [0.1, 0.15) is 0 Å². The van der Waals surface area contributed by atoms with E-state index in [0.717, 1.165) is 0 Å². The summed E-state index contributed by atoms with van der Waals surface area (Å²) in [5, 5.41) is 8.25. The summed E-state index contributed by atoms with van der Waals surface area (Å²) in [7, 11) is 4.92. The van der Waals surface area contributed by atoms with Gasteiger partial charge in [0.15, 0.2) is 0 Å². The number of nitrogens with one attached hydrogen (secondary N) is 4. The van der Waals surface area contributed by atoms with Crippen molar-refractivity contribution in [1.29, 1.82) is 0 Å². The average Bonchev–Trinajstić information content (AvgIpc) is 2.08. The number of likely N-dealkylation sites (N-methyl/N-ethyl adjacent to an activating group) is 3. The largest absolute Gasteiger partial charge is 0.290 e. The van der Waals surface area contributed by atoms with E-state index < -0.39 is 5.79 Å². The first-order valence-electron chi connectivity index (χ1n) is 3.24. The number of carbonyl (C=O) groups excluding carboxylic acids is 1. The Hall–Kier alpha value is -0.400. The van der Waals surface area contributed by atoms with Gasteiger partial charge in [0, 0.05) is 0 Å². The van der Waals surface area contributed by atoms with Gasteiger partial charge in [0.1, 0.15) is 0 Å². The molecular formula is C5H16ClN5O. The zero-order valence-electron chi connectivity index (χ0n) is 7.39. The maximum absolute atomic E-state index is 11.1. The van der Waals surface area contributed by atoms with Crippen molar-refractivity contribution in [2.24, 2.45) is 5.84 Å². The summed E-state index contributed by atoms with van der Waals surface area (Å²) < 4.78 is 0. The van der Waals surface area contributed by atoms with Crippen LogP contribution in [0, 0.1) is 0 Å². The molecule has 0 saturated carbocycles. The summed E-state index contributed by atoms with van der Waals surface area (Å²) in [5.41, 5.74) is 2.03. The number of hydrogen-bond acceptors (Lipinski definition) is 5. The number of hydrogen-bond donors (Lipinski definition) is 5. The van der Waals surface area contributed by atoms with Crippen LogP contribution in [0.4, 0.5) is 0 Å². The summed E-state index contributed by atoms with van der Waals surface area (Å²) in [6.07, 6.45) is 0. The molecule has 1 amide bonds. The lowest BCUT2D eigenvalue weighted by Gasteiger charge is -2.29. The topological polar surface area (TPSA) is 91.2 Å². The summed E-state index contributed by atoms with van der Waals surface area (Å²) >= 11 is 0. The third kappa shape index (κ3) is 2.58. The van der Waals surface area contributed by atoms with Gasteiger partial charge >= 0.3 is 0 Å². The second-order valence-corrected chi connectivity index (χ2v) is 1.97. The third-order valence-electron chi connectivity index (χ3n) is 1.60. The number of hydrazine groups is 1. The second kappa shape index (κ2) is 6.15. The van der Waals surface area contributed by atoms with Crippen LogP contribution in [-0.4, -0.2) is 32.8 Å². The molecular weight excluding hydrogens is 182 g/mol. The molecule has 0 aliphatic heterocycles. The molecule has 74 valence electrons. The van der Waals surface area contributed by atoms with Gasteiger partial charge in [-0.2, -0.15) is 0 Å². The van der Waals surface area contributed by atoms with Crippen molar-refractivity contribution in [3.05, 3.63) is 0 Å². The van der Waals surface area contributed by atoms with Crippen LogP contribution in [0.25, 0.3) is 0 Å². The summed E-state index contributed by atoms with van der Waals surface area (Å²) in [5.74, 6) is 3.60. The van der Waals surface area contributed by atoms with E-state index in [1.54, 1.807) is 21.1 Å². The van der Waals surface area contributed by atoms with Gasteiger partial charge in [0.25, 0.3) is 5.91 Å². The zero-order valence-corrected chi connectivity index (χ0v) is 8.21. The Balaban J connectivity index is 0. The van der Waals surface area contributed by atoms with E-state index in [1.165, 1.54) is 0 Å². The van der Waals surface area contributed by atoms with Crippen LogP contribution < -0.4 is 27.2 Å². The SMILES string of the molecule is CNC(NC)(NC)C(=O)NN.Cl. The molecule has 0 fully saturated rings. The monoisotopic (exact) mass is 197 g/mol. The molecule has 0 spiro atoms. The molecule has 0 rings (SSSR count). The lowest BCUT2D eigenvalue weighted by molar-refractivity contribution is -0.130. The summed E-state index contributed by atoms with van der Waals surface area (Å²) in [6, 6.07) is 0. The highest BCUT2D eigenvalue weighted by atomic mass is 35.5. The smallest absolute Gasteiger partial charge is 0.284 e. The van der Waals surface area contributed by atoms with Gasteiger partial charge in [-0.05, 0) is 21.1 Å². The van der Waals surface area contributed by atoms with Gasteiger partial charge < -0.3 is 0 Å². The first-order chi connectivity index (χ1) is 5.16. The highest BCUT2D eigenvalue weighted by molar-refractivity contribution is 5.85. The number of carbonyl (C=O) groups is 1. The van der Waals surface area contributed by atoms with Crippen LogP contribution in [0.3, 0.4) is 0 Å². The van der Waals surface area contributed by atoms with Gasteiger partial charge in [-0.3, -0.25) is 26.2 Å². The van der Waals surface area contributed by atoms with Gasteiger partial charge in [-0.15, -0.1) is 12.4 Å². The first-order valence-corrected chi connectivity index (χ1v) is 3.24. The van der Waals surface area contributed by atoms with E-state index in [2.05, 4.69) is 16.0 Å². The molecule has 0 aromatic rings. The maximum Gasteiger partial charge on any atom is 0.284 e. The van der Waals surface area contributed by atoms with Crippen LogP contribution in [0.15, 0.2) is 0 Å². The third-order valence-corrected chi connectivity index (χ3v) is 1.60. The van der Waals surface area contributed by atoms with Gasteiger partial charge in [0.05, 0.1) is 0 Å². The van der Waals surface area contributed by atoms with Crippen LogP contribution in [0.5, 0.6) is 0 Å². The Morgan fingerprint density at radius 2 is 1.50 bits per heavy atom. The Morgan fingerprint density at radius 3 is 1.58 bits per heavy atom. The van der Waals surface area contributed by atoms with Crippen molar-refractivity contribution in [2.75, 3.05) is 21.1 Å². The molecule has 0 heterocycles. The first kappa shape index (κ1) is 14.1. The lowest BCUT2D eigenvalue weighted by atomic mass is 10.3. The fourth-order valence-electron chi connectivity index (χ4n) is 0.824. The Kier molecular flexibility index (Phi) is 7.25. The van der Waals surface area contributed by atoms with E-state index in [1.807, 2.05) is 5.43 Å². The van der Waals surface area contributed by atoms with Crippen LogP contribution in [-0.2, 0) is 4.79 Å². The molecule has 0 aliphatic carbocycles. The van der Waals surface area contributed by atoms with Crippen LogP contribution in [0.2, 0.25) is 0 Å². The number of halogens is 1. The molecule has 0 radical (unpaired) electrons. The van der Waals surface area contributed by atoms with Crippen molar-refractivity contribution in [3.63, 3.8) is 0 Å². The molecule has 0 aliphatic rings. The van der Waals surface area contributed by atoms with Crippen molar-refractivity contribution in [2.45, 2.75) is 5.79 Å². The standard InChI is InChI=1S/C5H15N5O.ClH/c1-7-5(8-2,9-3)4(11)10-6;/h7-9H,6H2,1-3H3,(H,10,11);1H. The summed E-state index contributed by atoms with van der Waals surface area (Å²) in [4.78, 5) is 11.1. The fraction of sp³-hybridized carbons (Fsp3) is 0.800. The average molecular weight is 198 g/mol. The number of rotatable bonds is 4. The Bertz CT molecular complexity index is 130. The van der Waals surface area contributed by atoms with Crippen LogP contribution >= 0.6 is 12.4 Å². The van der Waals surface area contributed by atoms with Crippen molar-refractivity contribution in [1.82, 2.24) is 21.4 Å². The zero-order chi connectivity index (χ0) is 8.91. The predicted molar refractivity (Wildman–Crippen MR) is 49.5 cm³/mol. The van der Waals surface area contributed by atoms with E-state index >= 15 is 0 Å². The predicted octanol–water partition coefficient (Wildman–Crippen LogP) is -2.29. The Morgan fingerprint density at radius 1 is 1.17 bits per heavy atom. The summed E-state index contributed by atoms with van der Waals surface area (Å²) in [6.45, 7) is 0. The molecule has 7 heteroatoms. The molecule has 0 bridgehead atoms. The highest BCUT2D eigenvalue weighted by Gasteiger charge is 2.32. The normalized spacial score (nSPS) is 10.3. The van der Waals surface area contributed by atoms with Crippen molar-refractivity contribution in [3.8, 4) is 0 Å². The van der Waals surface area contributed by atoms with Crippen molar-refractivity contribution >= 4 is 18.3 Å².